The SMILES string of the molecule is CC1=C(S(=O)(=O)O)C2=C(c3cccnc3)C=C(c3ccccc3)C2=C1.[Cl][Zr][Cl]. The third-order valence-corrected chi connectivity index (χ3v) is 5.42. The molecule has 2 aliphatic rings. The number of aromatic nitrogens is 1. The summed E-state index contributed by atoms with van der Waals surface area (Å²) in [5.41, 5.74) is 5.40. The molecule has 0 radical (unpaired) electrons. The molecule has 0 saturated carbocycles. The number of pyridine rings is 1. The van der Waals surface area contributed by atoms with Gasteiger partial charge in [0.25, 0.3) is 10.1 Å². The minimum absolute atomic E-state index is 0.0245. The van der Waals surface area contributed by atoms with Crippen molar-refractivity contribution in [3.8, 4) is 0 Å². The Balaban J connectivity index is 0.000000706. The second-order valence-corrected chi connectivity index (χ2v) is 11.2. The Hall–Kier alpha value is -1.30. The molecule has 2 aliphatic carbocycles. The molecule has 0 spiro atoms. The number of halogens is 2. The van der Waals surface area contributed by atoms with Crippen LogP contribution in [0.25, 0.3) is 11.1 Å². The van der Waals surface area contributed by atoms with Crippen molar-refractivity contribution in [1.29, 1.82) is 0 Å². The van der Waals surface area contributed by atoms with Crippen LogP contribution >= 0.6 is 17.0 Å². The first-order valence-corrected chi connectivity index (χ1v) is 15.9. The number of benzene rings is 1. The van der Waals surface area contributed by atoms with Crippen LogP contribution in [0.4, 0.5) is 0 Å². The molecule has 0 unspecified atom stereocenters. The molecule has 8 heteroatoms. The van der Waals surface area contributed by atoms with Gasteiger partial charge in [-0.3, -0.25) is 9.54 Å². The van der Waals surface area contributed by atoms with E-state index in [1.807, 2.05) is 48.6 Å². The standard InChI is InChI=1S/C20H15NO3S.2ClH.Zr/c1-13-10-18-16(14-6-3-2-4-7-14)11-17(15-8-5-9-21-12-15)19(18)20(13)25(22,23)24;;;/h2-12H,1H3,(H,22,23,24);2*1H;/q;;;+2/p-2. The predicted octanol–water partition coefficient (Wildman–Crippen LogP) is 5.41. The summed E-state index contributed by atoms with van der Waals surface area (Å²) in [6.07, 6.45) is 7.15. The molecule has 0 aliphatic heterocycles. The molecule has 0 amide bonds. The summed E-state index contributed by atoms with van der Waals surface area (Å²) in [5, 5.41) is 0. The van der Waals surface area contributed by atoms with Crippen molar-refractivity contribution in [1.82, 2.24) is 4.98 Å². The summed E-state index contributed by atoms with van der Waals surface area (Å²) in [5.74, 6) is 0. The predicted molar refractivity (Wildman–Crippen MR) is 110 cm³/mol. The molecule has 1 aromatic carbocycles. The van der Waals surface area contributed by atoms with Gasteiger partial charge in [-0.1, -0.05) is 36.4 Å². The number of hydrogen-bond donors (Lipinski definition) is 1. The van der Waals surface area contributed by atoms with E-state index in [1.54, 1.807) is 25.4 Å². The Morgan fingerprint density at radius 2 is 1.61 bits per heavy atom. The number of hydrogen-bond acceptors (Lipinski definition) is 3. The van der Waals surface area contributed by atoms with Crippen molar-refractivity contribution >= 4 is 38.3 Å². The van der Waals surface area contributed by atoms with E-state index in [-0.39, 0.29) is 4.91 Å². The van der Waals surface area contributed by atoms with Crippen molar-refractivity contribution in [3.05, 3.63) is 99.8 Å². The van der Waals surface area contributed by atoms with E-state index in [9.17, 15) is 13.0 Å². The Morgan fingerprint density at radius 3 is 2.18 bits per heavy atom. The van der Waals surface area contributed by atoms with E-state index in [2.05, 4.69) is 4.98 Å². The Bertz CT molecular complexity index is 1120. The Labute approximate surface area is 182 Å². The molecular formula is C20H15Cl2NO3SZr. The van der Waals surface area contributed by atoms with Crippen molar-refractivity contribution in [2.75, 3.05) is 0 Å². The van der Waals surface area contributed by atoms with Gasteiger partial charge >= 0.3 is 37.9 Å². The second-order valence-electron chi connectivity index (χ2n) is 6.07. The van der Waals surface area contributed by atoms with Gasteiger partial charge in [-0.15, -0.1) is 0 Å². The van der Waals surface area contributed by atoms with Crippen molar-refractivity contribution < 1.29 is 33.8 Å². The number of fused-ring (bicyclic) bond motifs is 1. The molecule has 1 N–H and O–H groups in total. The van der Waals surface area contributed by atoms with Gasteiger partial charge in [-0.05, 0) is 53.0 Å². The molecule has 2 aromatic rings. The summed E-state index contributed by atoms with van der Waals surface area (Å²) in [7, 11) is 5.53. The summed E-state index contributed by atoms with van der Waals surface area (Å²) >= 11 is -0.826. The zero-order chi connectivity index (χ0) is 20.3. The topological polar surface area (TPSA) is 67.3 Å². The van der Waals surface area contributed by atoms with E-state index in [0.29, 0.717) is 11.1 Å². The van der Waals surface area contributed by atoms with E-state index < -0.39 is 31.0 Å². The van der Waals surface area contributed by atoms with Crippen LogP contribution in [0.2, 0.25) is 0 Å². The second kappa shape index (κ2) is 9.02. The van der Waals surface area contributed by atoms with Gasteiger partial charge in [0.1, 0.15) is 4.91 Å². The van der Waals surface area contributed by atoms with Crippen LogP contribution in [0.1, 0.15) is 18.1 Å². The zero-order valence-corrected chi connectivity index (χ0v) is 19.5. The minimum atomic E-state index is -4.34. The maximum atomic E-state index is 12.0. The molecule has 1 aromatic heterocycles. The third kappa shape index (κ3) is 4.32. The van der Waals surface area contributed by atoms with E-state index in [0.717, 1.165) is 27.8 Å². The average molecular weight is 512 g/mol. The van der Waals surface area contributed by atoms with E-state index >= 15 is 0 Å². The molecule has 0 atom stereocenters. The number of rotatable bonds is 3. The molecule has 0 bridgehead atoms. The molecule has 4 rings (SSSR count). The summed E-state index contributed by atoms with van der Waals surface area (Å²) in [6.45, 7) is 1.70. The summed E-state index contributed by atoms with van der Waals surface area (Å²) in [4.78, 5) is 4.11. The van der Waals surface area contributed by atoms with Gasteiger partial charge in [0.15, 0.2) is 0 Å². The van der Waals surface area contributed by atoms with Crippen LogP contribution in [0.3, 0.4) is 0 Å². The number of nitrogens with zero attached hydrogens (tertiary/aromatic N) is 1. The quantitative estimate of drug-likeness (QED) is 0.560. The fraction of sp³-hybridized carbons (Fsp3) is 0.0500. The van der Waals surface area contributed by atoms with Gasteiger partial charge in [0, 0.05) is 23.5 Å². The van der Waals surface area contributed by atoms with Crippen molar-refractivity contribution in [2.24, 2.45) is 0 Å². The zero-order valence-electron chi connectivity index (χ0n) is 14.7. The average Bonchev–Trinajstić information content (AvgIpc) is 3.19. The third-order valence-electron chi connectivity index (χ3n) is 4.38. The first-order chi connectivity index (χ1) is 13.4. The van der Waals surface area contributed by atoms with Crippen molar-refractivity contribution in [2.45, 2.75) is 6.92 Å². The van der Waals surface area contributed by atoms with Crippen LogP contribution in [-0.2, 0) is 31.0 Å². The summed E-state index contributed by atoms with van der Waals surface area (Å²) in [6, 6.07) is 13.5. The van der Waals surface area contributed by atoms with Crippen LogP contribution < -0.4 is 0 Å². The van der Waals surface area contributed by atoms with Gasteiger partial charge in [0.2, 0.25) is 0 Å². The van der Waals surface area contributed by atoms with Crippen molar-refractivity contribution in [3.63, 3.8) is 0 Å². The van der Waals surface area contributed by atoms with Gasteiger partial charge in [-0.2, -0.15) is 8.42 Å². The molecule has 142 valence electrons. The van der Waals surface area contributed by atoms with Crippen LogP contribution in [0, 0.1) is 0 Å². The van der Waals surface area contributed by atoms with Crippen LogP contribution in [-0.4, -0.2) is 18.0 Å². The first-order valence-electron chi connectivity index (χ1n) is 8.17. The molecule has 4 nitrogen and oxygen atoms in total. The monoisotopic (exact) mass is 509 g/mol. The van der Waals surface area contributed by atoms with E-state index in [1.165, 1.54) is 0 Å². The molecule has 0 saturated heterocycles. The van der Waals surface area contributed by atoms with Gasteiger partial charge in [-0.25, -0.2) is 0 Å². The fourth-order valence-corrected chi connectivity index (χ4v) is 4.33. The Morgan fingerprint density at radius 1 is 0.964 bits per heavy atom. The summed E-state index contributed by atoms with van der Waals surface area (Å²) < 4.78 is 33.8. The van der Waals surface area contributed by atoms with Crippen LogP contribution in [0.15, 0.2) is 88.6 Å². The van der Waals surface area contributed by atoms with Gasteiger partial charge < -0.3 is 0 Å². The van der Waals surface area contributed by atoms with Crippen LogP contribution in [0.5, 0.6) is 0 Å². The van der Waals surface area contributed by atoms with Gasteiger partial charge in [0.05, 0.1) is 0 Å². The fourth-order valence-electron chi connectivity index (χ4n) is 3.39. The first kappa shape index (κ1) is 21.4. The van der Waals surface area contributed by atoms with E-state index in [4.69, 9.17) is 17.0 Å². The molecular weight excluding hydrogens is 496 g/mol. The molecule has 0 fully saturated rings. The number of allylic oxidation sites excluding steroid dienone is 7. The molecule has 28 heavy (non-hydrogen) atoms. The normalized spacial score (nSPS) is 15.6. The Kier molecular flexibility index (Phi) is 6.90. The maximum absolute atomic E-state index is 12.0. The molecule has 1 heterocycles.